The molecular weight excluding hydrogens is 276 g/mol. The first kappa shape index (κ1) is 13.8. The number of aliphatic imine (C=N–C) groups is 1. The van der Waals surface area contributed by atoms with Crippen LogP contribution in [0.1, 0.15) is 11.1 Å². The van der Waals surface area contributed by atoms with Gasteiger partial charge in [0.15, 0.2) is 0 Å². The van der Waals surface area contributed by atoms with Crippen LogP contribution in [-0.2, 0) is 11.2 Å². The lowest BCUT2D eigenvalue weighted by Gasteiger charge is -2.04. The Morgan fingerprint density at radius 2 is 1.86 bits per heavy atom. The van der Waals surface area contributed by atoms with Crippen LogP contribution < -0.4 is 10.6 Å². The number of hydrogen-bond donors (Lipinski definition) is 2. The van der Waals surface area contributed by atoms with Crippen LogP contribution in [0.15, 0.2) is 59.6 Å². The molecule has 0 unspecified atom stereocenters. The van der Waals surface area contributed by atoms with Crippen LogP contribution in [0.5, 0.6) is 0 Å². The van der Waals surface area contributed by atoms with E-state index in [0.717, 1.165) is 11.3 Å². The molecular formula is C17H14N4O. The smallest absolute Gasteiger partial charge is 0.251 e. The van der Waals surface area contributed by atoms with Crippen molar-refractivity contribution in [2.24, 2.45) is 4.99 Å². The average Bonchev–Trinajstić information content (AvgIpc) is 2.88. The molecule has 2 aromatic carbocycles. The summed E-state index contributed by atoms with van der Waals surface area (Å²) in [5.41, 5.74) is 2.44. The van der Waals surface area contributed by atoms with Crippen molar-refractivity contribution in [2.75, 3.05) is 5.32 Å². The molecule has 22 heavy (non-hydrogen) atoms. The molecule has 0 fully saturated rings. The molecule has 108 valence electrons. The minimum absolute atomic E-state index is 0.111. The molecule has 0 saturated heterocycles. The zero-order chi connectivity index (χ0) is 15.4. The monoisotopic (exact) mass is 290 g/mol. The molecule has 2 aromatic rings. The molecule has 0 radical (unpaired) electrons. The summed E-state index contributed by atoms with van der Waals surface area (Å²) in [4.78, 5) is 16.4. The van der Waals surface area contributed by atoms with Gasteiger partial charge in [0.1, 0.15) is 6.04 Å². The van der Waals surface area contributed by atoms with Crippen molar-refractivity contribution in [1.29, 1.82) is 5.26 Å². The topological polar surface area (TPSA) is 77.3 Å². The number of guanidine groups is 1. The number of amides is 1. The second-order valence-electron chi connectivity index (χ2n) is 4.99. The van der Waals surface area contributed by atoms with Crippen molar-refractivity contribution >= 4 is 17.6 Å². The van der Waals surface area contributed by atoms with E-state index in [0.29, 0.717) is 17.9 Å². The first-order valence-electron chi connectivity index (χ1n) is 6.94. The lowest BCUT2D eigenvalue weighted by atomic mass is 10.1. The third kappa shape index (κ3) is 3.13. The molecule has 3 rings (SSSR count). The largest absolute Gasteiger partial charge is 0.326 e. The van der Waals surface area contributed by atoms with Gasteiger partial charge in [-0.25, -0.2) is 4.99 Å². The Bertz CT molecular complexity index is 744. The summed E-state index contributed by atoms with van der Waals surface area (Å²) in [6, 6.07) is 18.4. The number of nitrogens with one attached hydrogen (secondary N) is 2. The molecule has 0 saturated carbocycles. The fourth-order valence-electron chi connectivity index (χ4n) is 2.25. The minimum atomic E-state index is -0.414. The van der Waals surface area contributed by atoms with E-state index in [4.69, 9.17) is 5.26 Å². The molecule has 5 nitrogen and oxygen atoms in total. The fraction of sp³-hybridized carbons (Fsp3) is 0.118. The van der Waals surface area contributed by atoms with E-state index < -0.39 is 6.04 Å². The lowest BCUT2D eigenvalue weighted by molar-refractivity contribution is -0.120. The number of carbonyl (C=O) groups is 1. The summed E-state index contributed by atoms with van der Waals surface area (Å²) >= 11 is 0. The normalized spacial score (nSPS) is 16.6. The van der Waals surface area contributed by atoms with Crippen LogP contribution in [0, 0.1) is 11.3 Å². The third-order valence-electron chi connectivity index (χ3n) is 3.38. The summed E-state index contributed by atoms with van der Waals surface area (Å²) in [5, 5.41) is 14.6. The molecule has 1 heterocycles. The summed E-state index contributed by atoms with van der Waals surface area (Å²) in [6.07, 6.45) is 0.575. The average molecular weight is 290 g/mol. The van der Waals surface area contributed by atoms with Crippen LogP contribution in [0.2, 0.25) is 0 Å². The fourth-order valence-corrected chi connectivity index (χ4v) is 2.25. The number of rotatable bonds is 3. The Hall–Kier alpha value is -3.13. The van der Waals surface area contributed by atoms with Crippen LogP contribution in [-0.4, -0.2) is 17.9 Å². The Morgan fingerprint density at radius 3 is 2.55 bits per heavy atom. The van der Waals surface area contributed by atoms with Crippen molar-refractivity contribution in [3.8, 4) is 6.07 Å². The van der Waals surface area contributed by atoms with Gasteiger partial charge in [-0.2, -0.15) is 5.26 Å². The van der Waals surface area contributed by atoms with E-state index in [-0.39, 0.29) is 5.91 Å². The van der Waals surface area contributed by atoms with Gasteiger partial charge >= 0.3 is 0 Å². The Labute approximate surface area is 128 Å². The van der Waals surface area contributed by atoms with Gasteiger partial charge in [-0.1, -0.05) is 30.3 Å². The Balaban J connectivity index is 1.68. The van der Waals surface area contributed by atoms with Crippen molar-refractivity contribution in [1.82, 2.24) is 5.32 Å². The number of benzene rings is 2. The van der Waals surface area contributed by atoms with E-state index >= 15 is 0 Å². The summed E-state index contributed by atoms with van der Waals surface area (Å²) in [6.45, 7) is 0. The van der Waals surface area contributed by atoms with Gasteiger partial charge in [-0.3, -0.25) is 10.1 Å². The number of carbonyl (C=O) groups excluding carboxylic acids is 1. The lowest BCUT2D eigenvalue weighted by Crippen LogP contribution is -2.33. The van der Waals surface area contributed by atoms with Crippen molar-refractivity contribution < 1.29 is 4.79 Å². The molecule has 1 amide bonds. The van der Waals surface area contributed by atoms with E-state index in [1.807, 2.05) is 30.3 Å². The van der Waals surface area contributed by atoms with Crippen LogP contribution in [0.4, 0.5) is 5.69 Å². The van der Waals surface area contributed by atoms with Gasteiger partial charge in [0.05, 0.1) is 11.6 Å². The van der Waals surface area contributed by atoms with Gasteiger partial charge in [0.25, 0.3) is 5.91 Å². The van der Waals surface area contributed by atoms with Crippen molar-refractivity contribution in [3.05, 3.63) is 65.7 Å². The Morgan fingerprint density at radius 1 is 1.14 bits per heavy atom. The number of hydrogen-bond acceptors (Lipinski definition) is 4. The number of anilines is 1. The standard InChI is InChI=1S/C17H14N4O/c18-11-13-6-8-14(9-7-13)19-17-20-15(16(22)21-17)10-12-4-2-1-3-5-12/h1-9,15H,10H2,(H2,19,20,21,22)/t15-/m0/s1. The van der Waals surface area contributed by atoms with Gasteiger partial charge in [0.2, 0.25) is 5.96 Å². The molecule has 5 heteroatoms. The highest BCUT2D eigenvalue weighted by molar-refractivity contribution is 6.10. The number of nitriles is 1. The van der Waals surface area contributed by atoms with E-state index in [2.05, 4.69) is 21.7 Å². The summed E-state index contributed by atoms with van der Waals surface area (Å²) in [5.74, 6) is 0.329. The maximum absolute atomic E-state index is 12.0. The highest BCUT2D eigenvalue weighted by Crippen LogP contribution is 2.13. The predicted octanol–water partition coefficient (Wildman–Crippen LogP) is 2.07. The van der Waals surface area contributed by atoms with E-state index in [1.165, 1.54) is 0 Å². The van der Waals surface area contributed by atoms with Crippen LogP contribution in [0.25, 0.3) is 0 Å². The second-order valence-corrected chi connectivity index (χ2v) is 4.99. The predicted molar refractivity (Wildman–Crippen MR) is 84.3 cm³/mol. The molecule has 0 aliphatic carbocycles. The molecule has 0 spiro atoms. The minimum Gasteiger partial charge on any atom is -0.326 e. The second kappa shape index (κ2) is 6.10. The van der Waals surface area contributed by atoms with Crippen molar-refractivity contribution in [3.63, 3.8) is 0 Å². The first-order chi connectivity index (χ1) is 10.7. The maximum atomic E-state index is 12.0. The highest BCUT2D eigenvalue weighted by atomic mass is 16.2. The van der Waals surface area contributed by atoms with Gasteiger partial charge in [0, 0.05) is 12.1 Å². The summed E-state index contributed by atoms with van der Waals surface area (Å²) < 4.78 is 0. The number of nitrogens with zero attached hydrogens (tertiary/aromatic N) is 2. The molecule has 0 aromatic heterocycles. The SMILES string of the molecule is N#Cc1ccc(NC2=N[C@@H](Cc3ccccc3)C(=O)N2)cc1. The molecule has 0 bridgehead atoms. The molecule has 1 aliphatic rings. The Kier molecular flexibility index (Phi) is 3.84. The first-order valence-corrected chi connectivity index (χ1v) is 6.94. The van der Waals surface area contributed by atoms with E-state index in [9.17, 15) is 4.79 Å². The van der Waals surface area contributed by atoms with Gasteiger partial charge < -0.3 is 5.32 Å². The van der Waals surface area contributed by atoms with Crippen LogP contribution in [0.3, 0.4) is 0 Å². The molecule has 1 atom stereocenters. The van der Waals surface area contributed by atoms with Gasteiger partial charge in [-0.15, -0.1) is 0 Å². The van der Waals surface area contributed by atoms with Crippen molar-refractivity contribution in [2.45, 2.75) is 12.5 Å². The maximum Gasteiger partial charge on any atom is 0.251 e. The van der Waals surface area contributed by atoms with E-state index in [1.54, 1.807) is 24.3 Å². The third-order valence-corrected chi connectivity index (χ3v) is 3.38. The van der Waals surface area contributed by atoms with Crippen LogP contribution >= 0.6 is 0 Å². The zero-order valence-corrected chi connectivity index (χ0v) is 11.8. The van der Waals surface area contributed by atoms with Gasteiger partial charge in [-0.05, 0) is 29.8 Å². The quantitative estimate of drug-likeness (QED) is 0.908. The summed E-state index contributed by atoms with van der Waals surface area (Å²) in [7, 11) is 0. The molecule has 2 N–H and O–H groups in total. The molecule has 1 aliphatic heterocycles. The zero-order valence-electron chi connectivity index (χ0n) is 11.8. The highest BCUT2D eigenvalue weighted by Gasteiger charge is 2.26.